The molecule has 1 aromatic carbocycles. The van der Waals surface area contributed by atoms with Crippen molar-refractivity contribution in [3.8, 4) is 5.75 Å². The van der Waals surface area contributed by atoms with E-state index >= 15 is 0 Å². The molecule has 0 heterocycles. The molecule has 1 aromatic rings. The highest BCUT2D eigenvalue weighted by Crippen LogP contribution is 2.10. The molecule has 6 heteroatoms. The SMILES string of the molecule is CCN(CC)C(=O)CNC(=O)[C@@H](N)Cc1ccc(O)cc1. The van der Waals surface area contributed by atoms with Gasteiger partial charge in [-0.15, -0.1) is 0 Å². The summed E-state index contributed by atoms with van der Waals surface area (Å²) in [5, 5.41) is 11.7. The van der Waals surface area contributed by atoms with Crippen molar-refractivity contribution in [3.05, 3.63) is 29.8 Å². The van der Waals surface area contributed by atoms with Gasteiger partial charge >= 0.3 is 0 Å². The standard InChI is InChI=1S/C15H23N3O3/c1-3-18(4-2)14(20)10-17-15(21)13(16)9-11-5-7-12(19)8-6-11/h5-8,13,19H,3-4,9-10,16H2,1-2H3,(H,17,21)/t13-/m0/s1. The average Bonchev–Trinajstić information content (AvgIpc) is 2.48. The van der Waals surface area contributed by atoms with E-state index in [-0.39, 0.29) is 24.1 Å². The number of carbonyl (C=O) groups excluding carboxylic acids is 2. The second-order valence-corrected chi connectivity index (χ2v) is 4.76. The molecule has 0 aliphatic carbocycles. The number of hydrogen-bond donors (Lipinski definition) is 3. The van der Waals surface area contributed by atoms with Crippen LogP contribution in [0.3, 0.4) is 0 Å². The Morgan fingerprint density at radius 2 is 1.81 bits per heavy atom. The predicted molar refractivity (Wildman–Crippen MR) is 80.7 cm³/mol. The summed E-state index contributed by atoms with van der Waals surface area (Å²) in [7, 11) is 0. The molecule has 0 aliphatic heterocycles. The van der Waals surface area contributed by atoms with Gasteiger partial charge in [-0.1, -0.05) is 12.1 Å². The highest BCUT2D eigenvalue weighted by molar-refractivity contribution is 5.87. The van der Waals surface area contributed by atoms with E-state index in [2.05, 4.69) is 5.32 Å². The van der Waals surface area contributed by atoms with Crippen molar-refractivity contribution >= 4 is 11.8 Å². The number of nitrogens with zero attached hydrogens (tertiary/aromatic N) is 1. The van der Waals surface area contributed by atoms with E-state index in [0.717, 1.165) is 5.56 Å². The molecule has 0 radical (unpaired) electrons. The van der Waals surface area contributed by atoms with E-state index in [0.29, 0.717) is 19.5 Å². The van der Waals surface area contributed by atoms with Crippen LogP contribution in [0, 0.1) is 0 Å². The minimum absolute atomic E-state index is 0.0379. The maximum Gasteiger partial charge on any atom is 0.241 e. The van der Waals surface area contributed by atoms with Crippen molar-refractivity contribution in [2.75, 3.05) is 19.6 Å². The molecule has 116 valence electrons. The highest BCUT2D eigenvalue weighted by atomic mass is 16.3. The number of nitrogens with one attached hydrogen (secondary N) is 1. The van der Waals surface area contributed by atoms with Crippen LogP contribution in [0.4, 0.5) is 0 Å². The average molecular weight is 293 g/mol. The largest absolute Gasteiger partial charge is 0.508 e. The Labute approximate surface area is 124 Å². The molecule has 0 bridgehead atoms. The summed E-state index contributed by atoms with van der Waals surface area (Å²) in [6.45, 7) is 4.97. The van der Waals surface area contributed by atoms with Gasteiger partial charge in [0.15, 0.2) is 0 Å². The van der Waals surface area contributed by atoms with Gasteiger partial charge in [0.25, 0.3) is 0 Å². The van der Waals surface area contributed by atoms with Crippen molar-refractivity contribution in [1.82, 2.24) is 10.2 Å². The van der Waals surface area contributed by atoms with E-state index in [4.69, 9.17) is 5.73 Å². The Morgan fingerprint density at radius 1 is 1.24 bits per heavy atom. The first kappa shape index (κ1) is 17.0. The molecule has 0 saturated heterocycles. The third kappa shape index (κ3) is 5.43. The fraction of sp³-hybridized carbons (Fsp3) is 0.467. The summed E-state index contributed by atoms with van der Waals surface area (Å²) >= 11 is 0. The zero-order chi connectivity index (χ0) is 15.8. The maximum absolute atomic E-state index is 11.9. The third-order valence-corrected chi connectivity index (χ3v) is 3.26. The molecule has 21 heavy (non-hydrogen) atoms. The zero-order valence-electron chi connectivity index (χ0n) is 12.5. The van der Waals surface area contributed by atoms with Crippen LogP contribution in [0.2, 0.25) is 0 Å². The predicted octanol–water partition coefficient (Wildman–Crippen LogP) is 0.247. The van der Waals surface area contributed by atoms with Crippen molar-refractivity contribution in [2.45, 2.75) is 26.3 Å². The van der Waals surface area contributed by atoms with Crippen LogP contribution in [0.25, 0.3) is 0 Å². The molecule has 2 amide bonds. The number of nitrogens with two attached hydrogens (primary N) is 1. The Balaban J connectivity index is 2.44. The van der Waals surface area contributed by atoms with Gasteiger partial charge in [-0.2, -0.15) is 0 Å². The summed E-state index contributed by atoms with van der Waals surface area (Å²) in [4.78, 5) is 25.3. The zero-order valence-corrected chi connectivity index (χ0v) is 12.5. The normalized spacial score (nSPS) is 11.8. The minimum Gasteiger partial charge on any atom is -0.508 e. The van der Waals surface area contributed by atoms with Gasteiger partial charge in [-0.05, 0) is 38.0 Å². The number of amides is 2. The summed E-state index contributed by atoms with van der Waals surface area (Å²) < 4.78 is 0. The molecular weight excluding hydrogens is 270 g/mol. The Bertz CT molecular complexity index is 470. The first-order valence-electron chi connectivity index (χ1n) is 7.06. The van der Waals surface area contributed by atoms with E-state index in [9.17, 15) is 14.7 Å². The van der Waals surface area contributed by atoms with E-state index < -0.39 is 6.04 Å². The first-order valence-corrected chi connectivity index (χ1v) is 7.06. The minimum atomic E-state index is -0.723. The number of phenolic OH excluding ortho intramolecular Hbond substituents is 1. The third-order valence-electron chi connectivity index (χ3n) is 3.26. The van der Waals surface area contributed by atoms with Gasteiger partial charge in [-0.25, -0.2) is 0 Å². The molecule has 1 atom stereocenters. The van der Waals surface area contributed by atoms with Crippen LogP contribution in [0.5, 0.6) is 5.75 Å². The Morgan fingerprint density at radius 3 is 2.33 bits per heavy atom. The summed E-state index contributed by atoms with van der Waals surface area (Å²) in [5.74, 6) is -0.310. The topological polar surface area (TPSA) is 95.7 Å². The lowest BCUT2D eigenvalue weighted by molar-refractivity contribution is -0.132. The molecule has 0 unspecified atom stereocenters. The number of aromatic hydroxyl groups is 1. The lowest BCUT2D eigenvalue weighted by Crippen LogP contribution is -2.46. The molecule has 0 spiro atoms. The van der Waals surface area contributed by atoms with E-state index in [1.54, 1.807) is 29.2 Å². The summed E-state index contributed by atoms with van der Waals surface area (Å²) in [5.41, 5.74) is 6.67. The molecule has 0 saturated carbocycles. The second-order valence-electron chi connectivity index (χ2n) is 4.76. The summed E-state index contributed by atoms with van der Waals surface area (Å²) in [6, 6.07) is 5.79. The fourth-order valence-electron chi connectivity index (χ4n) is 1.96. The van der Waals surface area contributed by atoms with Crippen LogP contribution >= 0.6 is 0 Å². The van der Waals surface area contributed by atoms with Gasteiger partial charge in [0.2, 0.25) is 11.8 Å². The number of likely N-dealkylation sites (N-methyl/N-ethyl adjacent to an activating group) is 1. The van der Waals surface area contributed by atoms with Crippen LogP contribution in [-0.2, 0) is 16.0 Å². The first-order chi connectivity index (χ1) is 9.97. The Hall–Kier alpha value is -2.08. The van der Waals surface area contributed by atoms with Crippen LogP contribution in [0.15, 0.2) is 24.3 Å². The monoisotopic (exact) mass is 293 g/mol. The quantitative estimate of drug-likeness (QED) is 0.671. The summed E-state index contributed by atoms with van der Waals surface area (Å²) in [6.07, 6.45) is 0.353. The van der Waals surface area contributed by atoms with Gasteiger partial charge in [0, 0.05) is 13.1 Å². The lowest BCUT2D eigenvalue weighted by atomic mass is 10.1. The van der Waals surface area contributed by atoms with Crippen LogP contribution in [-0.4, -0.2) is 47.5 Å². The van der Waals surface area contributed by atoms with Crippen molar-refractivity contribution in [1.29, 1.82) is 0 Å². The van der Waals surface area contributed by atoms with Crippen LogP contribution in [0.1, 0.15) is 19.4 Å². The maximum atomic E-state index is 11.9. The van der Waals surface area contributed by atoms with E-state index in [1.807, 2.05) is 13.8 Å². The molecule has 1 rings (SSSR count). The van der Waals surface area contributed by atoms with Crippen molar-refractivity contribution < 1.29 is 14.7 Å². The van der Waals surface area contributed by atoms with Crippen molar-refractivity contribution in [3.63, 3.8) is 0 Å². The number of hydrogen-bond acceptors (Lipinski definition) is 4. The molecular formula is C15H23N3O3. The Kier molecular flexibility index (Phi) is 6.68. The molecule has 0 aromatic heterocycles. The molecule has 0 fully saturated rings. The molecule has 0 aliphatic rings. The molecule has 6 nitrogen and oxygen atoms in total. The lowest BCUT2D eigenvalue weighted by Gasteiger charge is -2.19. The number of benzene rings is 1. The van der Waals surface area contributed by atoms with Crippen molar-refractivity contribution in [2.24, 2.45) is 5.73 Å². The second kappa shape index (κ2) is 8.26. The number of carbonyl (C=O) groups is 2. The van der Waals surface area contributed by atoms with Gasteiger partial charge < -0.3 is 21.1 Å². The smallest absolute Gasteiger partial charge is 0.241 e. The van der Waals surface area contributed by atoms with Gasteiger partial charge in [0.1, 0.15) is 5.75 Å². The fourth-order valence-corrected chi connectivity index (χ4v) is 1.96. The highest BCUT2D eigenvalue weighted by Gasteiger charge is 2.16. The number of rotatable bonds is 7. The van der Waals surface area contributed by atoms with E-state index in [1.165, 1.54) is 0 Å². The van der Waals surface area contributed by atoms with Gasteiger partial charge in [-0.3, -0.25) is 9.59 Å². The molecule has 4 N–H and O–H groups in total. The van der Waals surface area contributed by atoms with Crippen LogP contribution < -0.4 is 11.1 Å². The number of phenols is 1. The van der Waals surface area contributed by atoms with Gasteiger partial charge in [0.05, 0.1) is 12.6 Å².